The van der Waals surface area contributed by atoms with Gasteiger partial charge in [-0.3, -0.25) is 9.59 Å². The molecule has 1 aliphatic heterocycles. The van der Waals surface area contributed by atoms with Crippen molar-refractivity contribution < 1.29 is 49.3 Å². The van der Waals surface area contributed by atoms with E-state index < -0.39 is 67.4 Å². The number of nitrogens with one attached hydrogen (secondary N) is 1. The van der Waals surface area contributed by atoms with Crippen LogP contribution in [0.3, 0.4) is 0 Å². The lowest BCUT2D eigenvalue weighted by molar-refractivity contribution is -0.305. The van der Waals surface area contributed by atoms with Gasteiger partial charge in [-0.2, -0.15) is 0 Å². The Balaban J connectivity index is 2.66. The summed E-state index contributed by atoms with van der Waals surface area (Å²) in [4.78, 5) is 26.5. The van der Waals surface area contributed by atoms with E-state index in [0.29, 0.717) is 12.8 Å². The third-order valence-electron chi connectivity index (χ3n) is 14.1. The summed E-state index contributed by atoms with van der Waals surface area (Å²) in [5.74, 6) is -1.28. The minimum absolute atomic E-state index is 0.110. The van der Waals surface area contributed by atoms with Gasteiger partial charge in [0.2, 0.25) is 5.91 Å². The zero-order chi connectivity index (χ0) is 56.1. The van der Waals surface area contributed by atoms with Gasteiger partial charge in [0, 0.05) is 6.42 Å². The third kappa shape index (κ3) is 41.3. The highest BCUT2D eigenvalue weighted by atomic mass is 16.7. The van der Waals surface area contributed by atoms with Gasteiger partial charge in [-0.25, -0.2) is 0 Å². The van der Waals surface area contributed by atoms with Crippen LogP contribution in [-0.4, -0.2) is 99.6 Å². The maximum Gasteiger partial charge on any atom is 0.306 e. The standard InChI is InChI=1S/C66H113NO10/c1-4-7-10-13-16-19-22-25-26-27-28-29-30-31-32-33-34-36-39-42-45-48-51-54-61(71)77-64-63(73)62(72)60(55-68)76-66(64)75-56-57(58(69)52-49-46-43-40-38-35-23-20-17-14-11-8-5-2)67-65(74)59(70)53-50-47-44-41-37-24-21-18-15-12-9-6-3/h9,12,15-16,18-19,21,24-26,37,41,44,47,49,52,57-60,62-64,66,68-70,72-73H,4-8,10-11,13-14,17,20,22-23,27-36,38-40,42-43,45-46,48,50-51,53-56H2,1-3H3,(H,67,74)/b12-9+,18-15+,19-16-,24-21-,26-25-,41-37-,47-44+,52-49+. The Bertz CT molecular complexity index is 1620. The summed E-state index contributed by atoms with van der Waals surface area (Å²) >= 11 is 0. The van der Waals surface area contributed by atoms with Crippen molar-refractivity contribution >= 4 is 11.9 Å². The molecule has 8 unspecified atom stereocenters. The lowest BCUT2D eigenvalue weighted by Gasteiger charge is -2.41. The fourth-order valence-corrected chi connectivity index (χ4v) is 9.18. The van der Waals surface area contributed by atoms with Gasteiger partial charge in [0.1, 0.15) is 24.4 Å². The summed E-state index contributed by atoms with van der Waals surface area (Å²) in [6, 6.07) is -1.07. The van der Waals surface area contributed by atoms with Crippen LogP contribution in [0, 0.1) is 0 Å². The van der Waals surface area contributed by atoms with Crippen molar-refractivity contribution in [2.24, 2.45) is 0 Å². The van der Waals surface area contributed by atoms with Crippen LogP contribution in [0.5, 0.6) is 0 Å². The van der Waals surface area contributed by atoms with Gasteiger partial charge >= 0.3 is 5.97 Å². The molecule has 1 aliphatic rings. The molecule has 77 heavy (non-hydrogen) atoms. The van der Waals surface area contributed by atoms with E-state index in [-0.39, 0.29) is 19.4 Å². The molecule has 0 aromatic carbocycles. The first kappa shape index (κ1) is 71.6. The molecule has 8 atom stereocenters. The lowest BCUT2D eigenvalue weighted by Crippen LogP contribution is -2.61. The third-order valence-corrected chi connectivity index (χ3v) is 14.1. The van der Waals surface area contributed by atoms with Crippen LogP contribution < -0.4 is 5.32 Å². The highest BCUT2D eigenvalue weighted by molar-refractivity contribution is 5.80. The number of allylic oxidation sites excluding steroid dienone is 15. The quantitative estimate of drug-likeness (QED) is 0.0149. The SMILES string of the molecule is CC/C=C/C=C/C=C\C=C/C=C/CCC(O)C(=O)NC(COC1OC(CO)C(O)C(O)C1OC(=O)CCCCCCCCCCCCCCC/C=C\C/C=C\CCCCC)C(O)/C=C/CCCCCCCCCCCCC. The first-order valence-electron chi connectivity index (χ1n) is 31.1. The van der Waals surface area contributed by atoms with Crippen LogP contribution in [0.1, 0.15) is 245 Å². The maximum atomic E-state index is 13.3. The van der Waals surface area contributed by atoms with Crippen molar-refractivity contribution in [1.82, 2.24) is 5.32 Å². The smallest absolute Gasteiger partial charge is 0.306 e. The second-order valence-corrected chi connectivity index (χ2v) is 21.2. The zero-order valence-electron chi connectivity index (χ0n) is 48.8. The summed E-state index contributed by atoms with van der Waals surface area (Å²) in [6.07, 6.45) is 60.4. The summed E-state index contributed by atoms with van der Waals surface area (Å²) in [6.45, 7) is 5.57. The largest absolute Gasteiger partial charge is 0.454 e. The van der Waals surface area contributed by atoms with E-state index in [1.807, 2.05) is 60.8 Å². The van der Waals surface area contributed by atoms with Crippen LogP contribution in [0.4, 0.5) is 0 Å². The van der Waals surface area contributed by atoms with Crippen molar-refractivity contribution in [2.75, 3.05) is 13.2 Å². The second kappa shape index (κ2) is 53.2. The number of amides is 1. The molecule has 11 heteroatoms. The zero-order valence-corrected chi connectivity index (χ0v) is 48.8. The second-order valence-electron chi connectivity index (χ2n) is 21.2. The summed E-state index contributed by atoms with van der Waals surface area (Å²) in [5.41, 5.74) is 0. The normalized spacial score (nSPS) is 19.7. The summed E-state index contributed by atoms with van der Waals surface area (Å²) in [5, 5.41) is 56.8. The molecule has 1 rings (SSSR count). The molecule has 1 fully saturated rings. The molecule has 1 heterocycles. The monoisotopic (exact) mass is 1080 g/mol. The van der Waals surface area contributed by atoms with Crippen LogP contribution in [0.2, 0.25) is 0 Å². The Morgan fingerprint density at radius 2 is 0.987 bits per heavy atom. The predicted octanol–water partition coefficient (Wildman–Crippen LogP) is 14.7. The van der Waals surface area contributed by atoms with Crippen LogP contribution in [0.15, 0.2) is 97.2 Å². The first-order valence-corrected chi connectivity index (χ1v) is 31.1. The topological polar surface area (TPSA) is 175 Å². The number of hydrogen-bond acceptors (Lipinski definition) is 10. The number of esters is 1. The molecule has 0 aromatic rings. The van der Waals surface area contributed by atoms with E-state index in [1.54, 1.807) is 6.08 Å². The minimum Gasteiger partial charge on any atom is -0.454 e. The van der Waals surface area contributed by atoms with Gasteiger partial charge in [-0.05, 0) is 70.6 Å². The number of aliphatic hydroxyl groups is 5. The molecule has 0 aromatic heterocycles. The molecule has 0 bridgehead atoms. The van der Waals surface area contributed by atoms with E-state index >= 15 is 0 Å². The average molecular weight is 1080 g/mol. The maximum absolute atomic E-state index is 13.3. The predicted molar refractivity (Wildman–Crippen MR) is 319 cm³/mol. The van der Waals surface area contributed by atoms with E-state index in [1.165, 1.54) is 141 Å². The number of hydrogen-bond donors (Lipinski definition) is 6. The van der Waals surface area contributed by atoms with Crippen molar-refractivity contribution in [3.63, 3.8) is 0 Å². The number of unbranched alkanes of at least 4 members (excludes halogenated alkanes) is 27. The molecule has 11 nitrogen and oxygen atoms in total. The number of carbonyl (C=O) groups excluding carboxylic acids is 2. The van der Waals surface area contributed by atoms with Crippen LogP contribution >= 0.6 is 0 Å². The highest BCUT2D eigenvalue weighted by Gasteiger charge is 2.47. The molecule has 0 saturated carbocycles. The summed E-state index contributed by atoms with van der Waals surface area (Å²) in [7, 11) is 0. The van der Waals surface area contributed by atoms with Gasteiger partial charge in [0.05, 0.1) is 25.4 Å². The van der Waals surface area contributed by atoms with Crippen LogP contribution in [0.25, 0.3) is 0 Å². The van der Waals surface area contributed by atoms with Gasteiger partial charge in [-0.1, -0.05) is 266 Å². The highest BCUT2D eigenvalue weighted by Crippen LogP contribution is 2.26. The number of carbonyl (C=O) groups is 2. The van der Waals surface area contributed by atoms with Crippen molar-refractivity contribution in [2.45, 2.75) is 294 Å². The van der Waals surface area contributed by atoms with Gasteiger partial charge in [0.25, 0.3) is 0 Å². The summed E-state index contributed by atoms with van der Waals surface area (Å²) < 4.78 is 17.6. The Hall–Kier alpha value is -3.42. The molecule has 1 saturated heterocycles. The van der Waals surface area contributed by atoms with Gasteiger partial charge in [-0.15, -0.1) is 0 Å². The molecule has 0 radical (unpaired) electrons. The molecule has 0 spiro atoms. The number of aliphatic hydroxyl groups excluding tert-OH is 5. The Morgan fingerprint density at radius 3 is 1.51 bits per heavy atom. The Labute approximate surface area is 469 Å². The van der Waals surface area contributed by atoms with Crippen molar-refractivity contribution in [3.05, 3.63) is 97.2 Å². The fourth-order valence-electron chi connectivity index (χ4n) is 9.18. The molecular weight excluding hydrogens is 967 g/mol. The van der Waals surface area contributed by atoms with E-state index in [9.17, 15) is 35.1 Å². The Morgan fingerprint density at radius 1 is 0.532 bits per heavy atom. The van der Waals surface area contributed by atoms with Gasteiger partial charge in [0.15, 0.2) is 12.4 Å². The lowest BCUT2D eigenvalue weighted by atomic mass is 9.99. The van der Waals surface area contributed by atoms with E-state index in [0.717, 1.165) is 57.8 Å². The van der Waals surface area contributed by atoms with Gasteiger partial charge < -0.3 is 45.1 Å². The molecule has 1 amide bonds. The Kier molecular flexibility index (Phi) is 49.5. The molecule has 442 valence electrons. The van der Waals surface area contributed by atoms with E-state index in [2.05, 4.69) is 56.5 Å². The molecular formula is C66H113NO10. The average Bonchev–Trinajstić information content (AvgIpc) is 3.43. The van der Waals surface area contributed by atoms with E-state index in [4.69, 9.17) is 14.2 Å². The first-order chi connectivity index (χ1) is 37.7. The van der Waals surface area contributed by atoms with Crippen LogP contribution in [-0.2, 0) is 23.8 Å². The number of ether oxygens (including phenoxy) is 3. The minimum atomic E-state index is -1.63. The van der Waals surface area contributed by atoms with Crippen molar-refractivity contribution in [3.8, 4) is 0 Å². The fraction of sp³-hybridized carbons (Fsp3) is 0.727. The molecule has 0 aliphatic carbocycles. The van der Waals surface area contributed by atoms with Crippen molar-refractivity contribution in [1.29, 1.82) is 0 Å². The molecule has 6 N–H and O–H groups in total. The number of rotatable bonds is 51.